The molecule has 0 fully saturated rings. The van der Waals surface area contributed by atoms with E-state index in [0.29, 0.717) is 24.8 Å². The first kappa shape index (κ1) is 15.4. The van der Waals surface area contributed by atoms with Gasteiger partial charge in [-0.2, -0.15) is 0 Å². The van der Waals surface area contributed by atoms with Crippen LogP contribution in [0.15, 0.2) is 36.5 Å². The molecule has 0 atom stereocenters. The Labute approximate surface area is 123 Å². The normalized spacial score (nSPS) is 10.6. The summed E-state index contributed by atoms with van der Waals surface area (Å²) in [6.07, 6.45) is 1.66. The molecule has 2 rings (SSSR count). The van der Waals surface area contributed by atoms with E-state index in [1.54, 1.807) is 19.4 Å². The van der Waals surface area contributed by atoms with Gasteiger partial charge in [-0.05, 0) is 24.6 Å². The van der Waals surface area contributed by atoms with E-state index in [1.165, 1.54) is 12.1 Å². The summed E-state index contributed by atoms with van der Waals surface area (Å²) in [6, 6.07) is 8.24. The third-order valence-electron chi connectivity index (χ3n) is 3.01. The number of methoxy groups -OCH3 is 1. The lowest BCUT2D eigenvalue weighted by Gasteiger charge is -2.12. The van der Waals surface area contributed by atoms with Crippen LogP contribution in [0.5, 0.6) is 11.6 Å². The number of hydrogen-bond acceptors (Lipinski definition) is 4. The van der Waals surface area contributed by atoms with E-state index in [2.05, 4.69) is 10.3 Å². The van der Waals surface area contributed by atoms with Crippen molar-refractivity contribution >= 4 is 0 Å². The van der Waals surface area contributed by atoms with Crippen LogP contribution in [0.4, 0.5) is 4.39 Å². The predicted octanol–water partition coefficient (Wildman–Crippen LogP) is 3.06. The maximum Gasteiger partial charge on any atom is 0.223 e. The average molecular weight is 290 g/mol. The van der Waals surface area contributed by atoms with Gasteiger partial charge in [0.25, 0.3) is 0 Å². The third kappa shape index (κ3) is 4.51. The maximum absolute atomic E-state index is 13.3. The molecule has 0 unspecified atom stereocenters. The number of nitrogens with zero attached hydrogens (tertiary/aromatic N) is 1. The quantitative estimate of drug-likeness (QED) is 0.796. The van der Waals surface area contributed by atoms with Crippen molar-refractivity contribution in [3.05, 3.63) is 53.5 Å². The van der Waals surface area contributed by atoms with E-state index in [-0.39, 0.29) is 5.82 Å². The number of hydrogen-bond donors (Lipinski definition) is 1. The minimum absolute atomic E-state index is 0.327. The SMILES string of the molecule is COCCNCc1cccnc1Oc1cc(F)ccc1C. The molecular formula is C16H19FN2O2. The van der Waals surface area contributed by atoms with Crippen LogP contribution in [0.3, 0.4) is 0 Å². The molecule has 0 radical (unpaired) electrons. The van der Waals surface area contributed by atoms with Gasteiger partial charge < -0.3 is 14.8 Å². The first-order valence-electron chi connectivity index (χ1n) is 6.78. The Hall–Kier alpha value is -1.98. The fraction of sp³-hybridized carbons (Fsp3) is 0.312. The van der Waals surface area contributed by atoms with Crippen LogP contribution >= 0.6 is 0 Å². The predicted molar refractivity (Wildman–Crippen MR) is 79.0 cm³/mol. The number of rotatable bonds is 7. The second-order valence-electron chi connectivity index (χ2n) is 4.65. The Bertz CT molecular complexity index is 590. The minimum atomic E-state index is -0.327. The molecule has 1 N–H and O–H groups in total. The Morgan fingerprint density at radius 1 is 1.29 bits per heavy atom. The molecule has 0 spiro atoms. The highest BCUT2D eigenvalue weighted by molar-refractivity contribution is 5.37. The second-order valence-corrected chi connectivity index (χ2v) is 4.65. The summed E-state index contributed by atoms with van der Waals surface area (Å²) in [5.41, 5.74) is 1.78. The molecule has 21 heavy (non-hydrogen) atoms. The van der Waals surface area contributed by atoms with Gasteiger partial charge >= 0.3 is 0 Å². The van der Waals surface area contributed by atoms with Crippen LogP contribution in [-0.2, 0) is 11.3 Å². The molecule has 0 bridgehead atoms. The average Bonchev–Trinajstić information content (AvgIpc) is 2.49. The first-order chi connectivity index (χ1) is 10.2. The molecule has 5 heteroatoms. The third-order valence-corrected chi connectivity index (χ3v) is 3.01. The highest BCUT2D eigenvalue weighted by Crippen LogP contribution is 2.26. The van der Waals surface area contributed by atoms with Crippen LogP contribution in [-0.4, -0.2) is 25.2 Å². The molecular weight excluding hydrogens is 271 g/mol. The van der Waals surface area contributed by atoms with Gasteiger partial charge in [0.1, 0.15) is 11.6 Å². The molecule has 0 amide bonds. The summed E-state index contributed by atoms with van der Waals surface area (Å²) in [6.45, 7) is 3.86. The van der Waals surface area contributed by atoms with E-state index in [9.17, 15) is 4.39 Å². The molecule has 1 aromatic heterocycles. The number of aryl methyl sites for hydroxylation is 1. The zero-order valence-electron chi connectivity index (χ0n) is 12.2. The molecule has 2 aromatic rings. The van der Waals surface area contributed by atoms with Gasteiger partial charge in [-0.15, -0.1) is 0 Å². The Morgan fingerprint density at radius 2 is 2.14 bits per heavy atom. The first-order valence-corrected chi connectivity index (χ1v) is 6.78. The molecule has 0 saturated heterocycles. The van der Waals surface area contributed by atoms with Crippen molar-refractivity contribution in [2.45, 2.75) is 13.5 Å². The van der Waals surface area contributed by atoms with E-state index in [4.69, 9.17) is 9.47 Å². The van der Waals surface area contributed by atoms with E-state index in [0.717, 1.165) is 17.7 Å². The Morgan fingerprint density at radius 3 is 2.95 bits per heavy atom. The number of aromatic nitrogens is 1. The molecule has 0 aliphatic rings. The fourth-order valence-electron chi connectivity index (χ4n) is 1.84. The lowest BCUT2D eigenvalue weighted by Crippen LogP contribution is -2.19. The molecule has 1 aromatic carbocycles. The van der Waals surface area contributed by atoms with Crippen molar-refractivity contribution < 1.29 is 13.9 Å². The van der Waals surface area contributed by atoms with Crippen LogP contribution in [0.25, 0.3) is 0 Å². The number of nitrogens with one attached hydrogen (secondary N) is 1. The molecule has 0 aliphatic heterocycles. The van der Waals surface area contributed by atoms with E-state index in [1.807, 2.05) is 19.1 Å². The second kappa shape index (κ2) is 7.71. The monoisotopic (exact) mass is 290 g/mol. The summed E-state index contributed by atoms with van der Waals surface area (Å²) in [4.78, 5) is 4.23. The summed E-state index contributed by atoms with van der Waals surface area (Å²) >= 11 is 0. The lowest BCUT2D eigenvalue weighted by atomic mass is 10.2. The topological polar surface area (TPSA) is 43.4 Å². The maximum atomic E-state index is 13.3. The number of pyridine rings is 1. The molecule has 0 saturated carbocycles. The number of halogens is 1. The highest BCUT2D eigenvalue weighted by atomic mass is 19.1. The smallest absolute Gasteiger partial charge is 0.223 e. The summed E-state index contributed by atoms with van der Waals surface area (Å²) in [5, 5.41) is 3.24. The van der Waals surface area contributed by atoms with Crippen molar-refractivity contribution in [1.29, 1.82) is 0 Å². The van der Waals surface area contributed by atoms with Crippen molar-refractivity contribution in [2.24, 2.45) is 0 Å². The standard InChI is InChI=1S/C16H19FN2O2/c1-12-5-6-14(17)10-15(12)21-16-13(4-3-7-19-16)11-18-8-9-20-2/h3-7,10,18H,8-9,11H2,1-2H3. The van der Waals surface area contributed by atoms with Gasteiger partial charge in [0.15, 0.2) is 0 Å². The van der Waals surface area contributed by atoms with Crippen molar-refractivity contribution in [3.63, 3.8) is 0 Å². The van der Waals surface area contributed by atoms with Gasteiger partial charge in [0, 0.05) is 38.0 Å². The Kier molecular flexibility index (Phi) is 5.66. The van der Waals surface area contributed by atoms with Gasteiger partial charge in [0.05, 0.1) is 6.61 Å². The van der Waals surface area contributed by atoms with Gasteiger partial charge in [0.2, 0.25) is 5.88 Å². The van der Waals surface area contributed by atoms with Crippen LogP contribution < -0.4 is 10.1 Å². The van der Waals surface area contributed by atoms with Crippen LogP contribution in [0, 0.1) is 12.7 Å². The lowest BCUT2D eigenvalue weighted by molar-refractivity contribution is 0.199. The fourth-order valence-corrected chi connectivity index (χ4v) is 1.84. The minimum Gasteiger partial charge on any atom is -0.438 e. The van der Waals surface area contributed by atoms with E-state index >= 15 is 0 Å². The van der Waals surface area contributed by atoms with Crippen LogP contribution in [0.1, 0.15) is 11.1 Å². The van der Waals surface area contributed by atoms with Crippen molar-refractivity contribution in [2.75, 3.05) is 20.3 Å². The summed E-state index contributed by atoms with van der Waals surface area (Å²) < 4.78 is 24.1. The molecule has 4 nitrogen and oxygen atoms in total. The highest BCUT2D eigenvalue weighted by Gasteiger charge is 2.08. The van der Waals surface area contributed by atoms with Crippen molar-refractivity contribution in [1.82, 2.24) is 10.3 Å². The summed E-state index contributed by atoms with van der Waals surface area (Å²) in [5.74, 6) is 0.634. The van der Waals surface area contributed by atoms with Gasteiger partial charge in [-0.25, -0.2) is 9.37 Å². The van der Waals surface area contributed by atoms with E-state index < -0.39 is 0 Å². The number of ether oxygens (including phenoxy) is 2. The largest absolute Gasteiger partial charge is 0.438 e. The van der Waals surface area contributed by atoms with Gasteiger partial charge in [-0.1, -0.05) is 12.1 Å². The Balaban J connectivity index is 2.10. The zero-order chi connectivity index (χ0) is 15.1. The number of benzene rings is 1. The molecule has 112 valence electrons. The van der Waals surface area contributed by atoms with Crippen LogP contribution in [0.2, 0.25) is 0 Å². The van der Waals surface area contributed by atoms with Crippen molar-refractivity contribution in [3.8, 4) is 11.6 Å². The van der Waals surface area contributed by atoms with Gasteiger partial charge in [-0.3, -0.25) is 0 Å². The zero-order valence-corrected chi connectivity index (χ0v) is 12.2. The summed E-state index contributed by atoms with van der Waals surface area (Å²) in [7, 11) is 1.66. The molecule has 1 heterocycles. The molecule has 0 aliphatic carbocycles.